The van der Waals surface area contributed by atoms with E-state index in [1.807, 2.05) is 42.5 Å². The fourth-order valence-corrected chi connectivity index (χ4v) is 3.11. The molecule has 2 aromatic rings. The molecule has 1 aliphatic heterocycles. The predicted molar refractivity (Wildman–Crippen MR) is 97.9 cm³/mol. The van der Waals surface area contributed by atoms with Gasteiger partial charge in [-0.15, -0.1) is 0 Å². The SMILES string of the molecule is O=C(OCc1ccccc1)[C@H]1C[C@H](Oc2ccc(Br)cc2)CN1C(=O)O. The first kappa shape index (κ1) is 18.3. The van der Waals surface area contributed by atoms with Crippen LogP contribution in [-0.4, -0.2) is 40.8 Å². The fourth-order valence-electron chi connectivity index (χ4n) is 2.85. The van der Waals surface area contributed by atoms with Gasteiger partial charge in [0, 0.05) is 10.9 Å². The van der Waals surface area contributed by atoms with Crippen molar-refractivity contribution in [2.75, 3.05) is 6.54 Å². The molecular weight excluding hydrogens is 402 g/mol. The Kier molecular flexibility index (Phi) is 5.78. The van der Waals surface area contributed by atoms with Crippen LogP contribution in [0.1, 0.15) is 12.0 Å². The highest BCUT2D eigenvalue weighted by Crippen LogP contribution is 2.25. The summed E-state index contributed by atoms with van der Waals surface area (Å²) in [6, 6.07) is 15.7. The number of esters is 1. The van der Waals surface area contributed by atoms with Crippen LogP contribution in [0.3, 0.4) is 0 Å². The number of carbonyl (C=O) groups excluding carboxylic acids is 1. The van der Waals surface area contributed by atoms with Crippen LogP contribution in [-0.2, 0) is 16.1 Å². The number of carboxylic acid groups (broad SMARTS) is 1. The van der Waals surface area contributed by atoms with E-state index in [4.69, 9.17) is 9.47 Å². The van der Waals surface area contributed by atoms with Crippen molar-refractivity contribution in [1.29, 1.82) is 0 Å². The maximum atomic E-state index is 12.4. The Morgan fingerprint density at radius 2 is 1.81 bits per heavy atom. The van der Waals surface area contributed by atoms with E-state index in [0.29, 0.717) is 5.75 Å². The number of ether oxygens (including phenoxy) is 2. The predicted octanol–water partition coefficient (Wildman–Crippen LogP) is 3.69. The summed E-state index contributed by atoms with van der Waals surface area (Å²) in [6.07, 6.45) is -1.30. The summed E-state index contributed by atoms with van der Waals surface area (Å²) in [5.41, 5.74) is 0.850. The van der Waals surface area contributed by atoms with E-state index in [1.165, 1.54) is 0 Å². The van der Waals surface area contributed by atoms with Gasteiger partial charge in [0.1, 0.15) is 24.5 Å². The second-order valence-corrected chi connectivity index (χ2v) is 6.89. The zero-order valence-corrected chi connectivity index (χ0v) is 15.5. The molecule has 0 bridgehead atoms. The summed E-state index contributed by atoms with van der Waals surface area (Å²) in [5.74, 6) is 0.0694. The summed E-state index contributed by atoms with van der Waals surface area (Å²) in [6.45, 7) is 0.234. The van der Waals surface area contributed by atoms with E-state index in [0.717, 1.165) is 14.9 Å². The Labute approximate surface area is 159 Å². The number of rotatable bonds is 5. The Morgan fingerprint density at radius 1 is 1.12 bits per heavy atom. The molecule has 1 heterocycles. The quantitative estimate of drug-likeness (QED) is 0.747. The van der Waals surface area contributed by atoms with Crippen LogP contribution in [0, 0.1) is 0 Å². The molecule has 0 aliphatic carbocycles. The van der Waals surface area contributed by atoms with E-state index in [1.54, 1.807) is 12.1 Å². The van der Waals surface area contributed by atoms with Crippen LogP contribution in [0.25, 0.3) is 0 Å². The number of carbonyl (C=O) groups is 2. The molecule has 0 saturated carbocycles. The lowest BCUT2D eigenvalue weighted by Crippen LogP contribution is -2.40. The van der Waals surface area contributed by atoms with Crippen molar-refractivity contribution in [3.8, 4) is 5.75 Å². The number of benzene rings is 2. The lowest BCUT2D eigenvalue weighted by atomic mass is 10.2. The van der Waals surface area contributed by atoms with Crippen LogP contribution in [0.2, 0.25) is 0 Å². The van der Waals surface area contributed by atoms with Crippen molar-refractivity contribution in [1.82, 2.24) is 4.90 Å². The third-order valence-corrected chi connectivity index (χ3v) is 4.65. The van der Waals surface area contributed by atoms with Crippen LogP contribution < -0.4 is 4.74 Å². The van der Waals surface area contributed by atoms with E-state index in [9.17, 15) is 14.7 Å². The smallest absolute Gasteiger partial charge is 0.408 e. The minimum atomic E-state index is -1.16. The van der Waals surface area contributed by atoms with Crippen LogP contribution in [0.4, 0.5) is 4.79 Å². The van der Waals surface area contributed by atoms with Crippen molar-refractivity contribution >= 4 is 28.0 Å². The maximum absolute atomic E-state index is 12.4. The minimum absolute atomic E-state index is 0.113. The molecule has 1 fully saturated rings. The summed E-state index contributed by atoms with van der Waals surface area (Å²) < 4.78 is 12.0. The monoisotopic (exact) mass is 419 g/mol. The van der Waals surface area contributed by atoms with Gasteiger partial charge in [-0.25, -0.2) is 9.59 Å². The van der Waals surface area contributed by atoms with Crippen LogP contribution in [0.15, 0.2) is 59.1 Å². The lowest BCUT2D eigenvalue weighted by molar-refractivity contribution is -0.149. The molecule has 26 heavy (non-hydrogen) atoms. The maximum Gasteiger partial charge on any atom is 0.408 e. The van der Waals surface area contributed by atoms with Gasteiger partial charge in [0.15, 0.2) is 0 Å². The van der Waals surface area contributed by atoms with Crippen molar-refractivity contribution in [3.63, 3.8) is 0 Å². The molecule has 0 spiro atoms. The highest BCUT2D eigenvalue weighted by molar-refractivity contribution is 9.10. The van der Waals surface area contributed by atoms with Crippen molar-refractivity contribution in [2.45, 2.75) is 25.2 Å². The van der Waals surface area contributed by atoms with Gasteiger partial charge in [0.25, 0.3) is 0 Å². The topological polar surface area (TPSA) is 76.1 Å². The van der Waals surface area contributed by atoms with Crippen LogP contribution >= 0.6 is 15.9 Å². The number of likely N-dealkylation sites (tertiary alicyclic amines) is 1. The molecule has 1 saturated heterocycles. The largest absolute Gasteiger partial charge is 0.488 e. The standard InChI is InChI=1S/C19H18BrNO5/c20-14-6-8-15(9-7-14)26-16-10-17(21(11-16)19(23)24)18(22)25-12-13-4-2-1-3-5-13/h1-9,16-17H,10-12H2,(H,23,24)/t16-,17+/m0/s1. The summed E-state index contributed by atoms with van der Waals surface area (Å²) in [4.78, 5) is 25.0. The molecular formula is C19H18BrNO5. The second kappa shape index (κ2) is 8.23. The first-order valence-electron chi connectivity index (χ1n) is 8.15. The molecule has 136 valence electrons. The molecule has 1 aliphatic rings. The highest BCUT2D eigenvalue weighted by atomic mass is 79.9. The molecule has 7 heteroatoms. The Morgan fingerprint density at radius 3 is 2.46 bits per heavy atom. The Hall–Kier alpha value is -2.54. The molecule has 0 radical (unpaired) electrons. The molecule has 0 unspecified atom stereocenters. The number of hydrogen-bond donors (Lipinski definition) is 1. The van der Waals surface area contributed by atoms with Gasteiger partial charge in [-0.3, -0.25) is 4.90 Å². The Balaban J connectivity index is 1.62. The first-order valence-corrected chi connectivity index (χ1v) is 8.94. The van der Waals surface area contributed by atoms with E-state index >= 15 is 0 Å². The molecule has 1 amide bonds. The molecule has 1 N–H and O–H groups in total. The van der Waals surface area contributed by atoms with Crippen molar-refractivity contribution in [2.24, 2.45) is 0 Å². The van der Waals surface area contributed by atoms with E-state index < -0.39 is 24.2 Å². The van der Waals surface area contributed by atoms with Gasteiger partial charge in [0.05, 0.1) is 6.54 Å². The first-order chi connectivity index (χ1) is 12.5. The van der Waals surface area contributed by atoms with Gasteiger partial charge >= 0.3 is 12.1 Å². The molecule has 3 rings (SSSR count). The van der Waals surface area contributed by atoms with Crippen LogP contribution in [0.5, 0.6) is 5.75 Å². The van der Waals surface area contributed by atoms with Gasteiger partial charge in [-0.05, 0) is 29.8 Å². The number of amides is 1. The zero-order chi connectivity index (χ0) is 18.5. The number of halogens is 1. The normalized spacial score (nSPS) is 19.2. The molecule has 6 nitrogen and oxygen atoms in total. The third kappa shape index (κ3) is 4.54. The van der Waals surface area contributed by atoms with Gasteiger partial charge in [-0.1, -0.05) is 46.3 Å². The number of nitrogens with zero attached hydrogens (tertiary/aromatic N) is 1. The van der Waals surface area contributed by atoms with E-state index in [-0.39, 0.29) is 19.6 Å². The van der Waals surface area contributed by atoms with Crippen molar-refractivity contribution in [3.05, 3.63) is 64.6 Å². The van der Waals surface area contributed by atoms with Gasteiger partial charge in [-0.2, -0.15) is 0 Å². The fraction of sp³-hybridized carbons (Fsp3) is 0.263. The summed E-state index contributed by atoms with van der Waals surface area (Å²) in [7, 11) is 0. The second-order valence-electron chi connectivity index (χ2n) is 5.97. The molecule has 0 aromatic heterocycles. The molecule has 2 aromatic carbocycles. The highest BCUT2D eigenvalue weighted by Gasteiger charge is 2.42. The van der Waals surface area contributed by atoms with Gasteiger partial charge in [0.2, 0.25) is 0 Å². The van der Waals surface area contributed by atoms with Gasteiger partial charge < -0.3 is 14.6 Å². The van der Waals surface area contributed by atoms with E-state index in [2.05, 4.69) is 15.9 Å². The minimum Gasteiger partial charge on any atom is -0.488 e. The average Bonchev–Trinajstić information content (AvgIpc) is 3.07. The Bertz CT molecular complexity index is 765. The lowest BCUT2D eigenvalue weighted by Gasteiger charge is -2.19. The number of hydrogen-bond acceptors (Lipinski definition) is 4. The average molecular weight is 420 g/mol. The zero-order valence-electron chi connectivity index (χ0n) is 13.9. The molecule has 2 atom stereocenters. The van der Waals surface area contributed by atoms with Crippen molar-refractivity contribution < 1.29 is 24.2 Å². The summed E-state index contributed by atoms with van der Waals surface area (Å²) in [5, 5.41) is 9.39. The summed E-state index contributed by atoms with van der Waals surface area (Å²) >= 11 is 3.35. The third-order valence-electron chi connectivity index (χ3n) is 4.12.